The van der Waals surface area contributed by atoms with E-state index < -0.39 is 17.4 Å². The van der Waals surface area contributed by atoms with Crippen molar-refractivity contribution >= 4 is 17.8 Å². The first-order chi connectivity index (χ1) is 10.2. The minimum atomic E-state index is -0.949. The molecular formula is C16H20N2O4. The molecule has 1 aromatic carbocycles. The predicted octanol–water partition coefficient (Wildman–Crippen LogP) is 1.37. The van der Waals surface area contributed by atoms with Gasteiger partial charge in [-0.2, -0.15) is 0 Å². The highest BCUT2D eigenvalue weighted by Crippen LogP contribution is 2.22. The SMILES string of the molecule is CC(C)(C)[C@H](NCCN1C(=O)c2ccccc2C1=O)C(=O)O. The van der Waals surface area contributed by atoms with Crippen molar-refractivity contribution in [3.05, 3.63) is 35.4 Å². The zero-order valence-corrected chi connectivity index (χ0v) is 12.9. The standard InChI is InChI=1S/C16H20N2O4/c1-16(2,3)12(15(21)22)17-8-9-18-13(19)10-6-4-5-7-11(10)14(18)20/h4-7,12,17H,8-9H2,1-3H3,(H,21,22)/t12-/m1/s1. The predicted molar refractivity (Wildman–Crippen MR) is 80.7 cm³/mol. The quantitative estimate of drug-likeness (QED) is 0.802. The Hall–Kier alpha value is -2.21. The van der Waals surface area contributed by atoms with E-state index in [9.17, 15) is 19.5 Å². The zero-order chi connectivity index (χ0) is 16.5. The number of hydrogen-bond acceptors (Lipinski definition) is 4. The lowest BCUT2D eigenvalue weighted by atomic mass is 9.87. The van der Waals surface area contributed by atoms with E-state index in [2.05, 4.69) is 5.32 Å². The van der Waals surface area contributed by atoms with Gasteiger partial charge in [-0.25, -0.2) is 0 Å². The highest BCUT2D eigenvalue weighted by molar-refractivity contribution is 6.21. The summed E-state index contributed by atoms with van der Waals surface area (Å²) in [5.74, 6) is -1.61. The topological polar surface area (TPSA) is 86.7 Å². The summed E-state index contributed by atoms with van der Waals surface area (Å²) in [4.78, 5) is 36.8. The molecule has 6 nitrogen and oxygen atoms in total. The highest BCUT2D eigenvalue weighted by atomic mass is 16.4. The van der Waals surface area contributed by atoms with E-state index in [-0.39, 0.29) is 24.9 Å². The van der Waals surface area contributed by atoms with Crippen LogP contribution in [-0.2, 0) is 4.79 Å². The molecule has 0 saturated carbocycles. The van der Waals surface area contributed by atoms with Crippen LogP contribution >= 0.6 is 0 Å². The van der Waals surface area contributed by atoms with E-state index in [1.54, 1.807) is 24.3 Å². The van der Waals surface area contributed by atoms with Crippen molar-refractivity contribution in [2.45, 2.75) is 26.8 Å². The number of carboxylic acids is 1. The van der Waals surface area contributed by atoms with Gasteiger partial charge in [0.2, 0.25) is 0 Å². The first-order valence-corrected chi connectivity index (χ1v) is 7.15. The van der Waals surface area contributed by atoms with Gasteiger partial charge < -0.3 is 10.4 Å². The largest absolute Gasteiger partial charge is 0.480 e. The molecule has 2 N–H and O–H groups in total. The summed E-state index contributed by atoms with van der Waals surface area (Å²) in [6.07, 6.45) is 0. The highest BCUT2D eigenvalue weighted by Gasteiger charge is 2.35. The fraction of sp³-hybridized carbons (Fsp3) is 0.438. The van der Waals surface area contributed by atoms with Crippen LogP contribution in [0.5, 0.6) is 0 Å². The first kappa shape index (κ1) is 16.2. The summed E-state index contributed by atoms with van der Waals surface area (Å²) in [5.41, 5.74) is 0.338. The molecule has 1 atom stereocenters. The lowest BCUT2D eigenvalue weighted by Gasteiger charge is -2.28. The number of carboxylic acid groups (broad SMARTS) is 1. The molecular weight excluding hydrogens is 284 g/mol. The van der Waals surface area contributed by atoms with Crippen LogP contribution in [0.15, 0.2) is 24.3 Å². The van der Waals surface area contributed by atoms with E-state index in [4.69, 9.17) is 0 Å². The summed E-state index contributed by atoms with van der Waals surface area (Å²) in [7, 11) is 0. The van der Waals surface area contributed by atoms with Gasteiger partial charge in [0.15, 0.2) is 0 Å². The number of rotatable bonds is 5. The van der Waals surface area contributed by atoms with Gasteiger partial charge in [-0.3, -0.25) is 19.3 Å². The smallest absolute Gasteiger partial charge is 0.321 e. The van der Waals surface area contributed by atoms with E-state index in [0.29, 0.717) is 11.1 Å². The Balaban J connectivity index is 2.01. The second-order valence-electron chi connectivity index (χ2n) is 6.40. The molecule has 2 rings (SSSR count). The van der Waals surface area contributed by atoms with Crippen molar-refractivity contribution in [2.75, 3.05) is 13.1 Å². The minimum Gasteiger partial charge on any atom is -0.480 e. The molecule has 1 aliphatic rings. The Morgan fingerprint density at radius 3 is 2.09 bits per heavy atom. The van der Waals surface area contributed by atoms with Crippen LogP contribution in [0, 0.1) is 5.41 Å². The van der Waals surface area contributed by atoms with Gasteiger partial charge in [0.1, 0.15) is 6.04 Å². The Morgan fingerprint density at radius 2 is 1.68 bits per heavy atom. The molecule has 0 radical (unpaired) electrons. The Bertz CT molecular complexity index is 584. The number of nitrogens with zero attached hydrogens (tertiary/aromatic N) is 1. The van der Waals surface area contributed by atoms with Crippen LogP contribution in [0.4, 0.5) is 0 Å². The summed E-state index contributed by atoms with van der Waals surface area (Å²) < 4.78 is 0. The van der Waals surface area contributed by atoms with Gasteiger partial charge >= 0.3 is 5.97 Å². The van der Waals surface area contributed by atoms with Crippen molar-refractivity contribution in [1.29, 1.82) is 0 Å². The van der Waals surface area contributed by atoms with E-state index in [1.165, 1.54) is 0 Å². The van der Waals surface area contributed by atoms with Crippen molar-refractivity contribution in [1.82, 2.24) is 10.2 Å². The number of aliphatic carboxylic acids is 1. The lowest BCUT2D eigenvalue weighted by Crippen LogP contribution is -2.49. The number of imide groups is 1. The fourth-order valence-electron chi connectivity index (χ4n) is 2.53. The van der Waals surface area contributed by atoms with Gasteiger partial charge in [0, 0.05) is 13.1 Å². The molecule has 0 aromatic heterocycles. The molecule has 1 heterocycles. The van der Waals surface area contributed by atoms with Gasteiger partial charge in [-0.05, 0) is 17.5 Å². The van der Waals surface area contributed by atoms with E-state index >= 15 is 0 Å². The van der Waals surface area contributed by atoms with Gasteiger partial charge in [0.25, 0.3) is 11.8 Å². The summed E-state index contributed by atoms with van der Waals surface area (Å²) >= 11 is 0. The number of amides is 2. The molecule has 1 aliphatic heterocycles. The third kappa shape index (κ3) is 3.01. The van der Waals surface area contributed by atoms with E-state index in [0.717, 1.165) is 4.90 Å². The molecule has 6 heteroatoms. The molecule has 0 bridgehead atoms. The number of carbonyl (C=O) groups is 3. The summed E-state index contributed by atoms with van der Waals surface area (Å²) in [6, 6.07) is 5.93. The number of fused-ring (bicyclic) bond motifs is 1. The number of carbonyl (C=O) groups excluding carboxylic acids is 2. The first-order valence-electron chi connectivity index (χ1n) is 7.15. The maximum Gasteiger partial charge on any atom is 0.321 e. The molecule has 0 unspecified atom stereocenters. The zero-order valence-electron chi connectivity index (χ0n) is 12.9. The third-order valence-electron chi connectivity index (χ3n) is 3.68. The normalized spacial score (nSPS) is 15.9. The Morgan fingerprint density at radius 1 is 1.18 bits per heavy atom. The summed E-state index contributed by atoms with van der Waals surface area (Å²) in [5, 5.41) is 12.1. The van der Waals surface area contributed by atoms with Crippen LogP contribution in [0.2, 0.25) is 0 Å². The second kappa shape index (κ2) is 5.88. The Labute approximate surface area is 129 Å². The monoisotopic (exact) mass is 304 g/mol. The van der Waals surface area contributed by atoms with Crippen molar-refractivity contribution in [2.24, 2.45) is 5.41 Å². The average Bonchev–Trinajstić information content (AvgIpc) is 2.66. The van der Waals surface area contributed by atoms with Gasteiger partial charge in [-0.1, -0.05) is 32.9 Å². The molecule has 1 aromatic rings. The minimum absolute atomic E-state index is 0.145. The summed E-state index contributed by atoms with van der Waals surface area (Å²) in [6.45, 7) is 5.84. The second-order valence-corrected chi connectivity index (χ2v) is 6.40. The third-order valence-corrected chi connectivity index (χ3v) is 3.68. The number of benzene rings is 1. The van der Waals surface area contributed by atoms with Crippen LogP contribution in [0.3, 0.4) is 0 Å². The molecule has 118 valence electrons. The van der Waals surface area contributed by atoms with Gasteiger partial charge in [0.05, 0.1) is 11.1 Å². The molecule has 22 heavy (non-hydrogen) atoms. The maximum absolute atomic E-state index is 12.2. The molecule has 0 aliphatic carbocycles. The van der Waals surface area contributed by atoms with Crippen LogP contribution < -0.4 is 5.32 Å². The Kier molecular flexibility index (Phi) is 4.32. The molecule has 0 fully saturated rings. The molecule has 0 saturated heterocycles. The number of nitrogens with one attached hydrogen (secondary N) is 1. The van der Waals surface area contributed by atoms with Crippen molar-refractivity contribution < 1.29 is 19.5 Å². The van der Waals surface area contributed by atoms with Crippen molar-refractivity contribution in [3.63, 3.8) is 0 Å². The van der Waals surface area contributed by atoms with Crippen LogP contribution in [-0.4, -0.2) is 46.9 Å². The maximum atomic E-state index is 12.2. The lowest BCUT2D eigenvalue weighted by molar-refractivity contribution is -0.142. The number of hydrogen-bond donors (Lipinski definition) is 2. The van der Waals surface area contributed by atoms with Crippen molar-refractivity contribution in [3.8, 4) is 0 Å². The van der Waals surface area contributed by atoms with Crippen LogP contribution in [0.1, 0.15) is 41.5 Å². The van der Waals surface area contributed by atoms with Gasteiger partial charge in [-0.15, -0.1) is 0 Å². The van der Waals surface area contributed by atoms with E-state index in [1.807, 2.05) is 20.8 Å². The van der Waals surface area contributed by atoms with Crippen LogP contribution in [0.25, 0.3) is 0 Å². The average molecular weight is 304 g/mol. The molecule has 2 amide bonds. The fourth-order valence-corrected chi connectivity index (χ4v) is 2.53. The molecule has 0 spiro atoms.